The van der Waals surface area contributed by atoms with Crippen molar-refractivity contribution in [2.24, 2.45) is 0 Å². The summed E-state index contributed by atoms with van der Waals surface area (Å²) >= 11 is 1.68. The predicted molar refractivity (Wildman–Crippen MR) is 95.3 cm³/mol. The second-order valence-corrected chi connectivity index (χ2v) is 5.98. The van der Waals surface area contributed by atoms with Gasteiger partial charge < -0.3 is 10.1 Å². The fraction of sp³-hybridized carbons (Fsp3) is 0.389. The van der Waals surface area contributed by atoms with E-state index in [4.69, 9.17) is 4.74 Å². The molecule has 0 fully saturated rings. The quantitative estimate of drug-likeness (QED) is 0.803. The average molecular weight is 332 g/mol. The molecule has 1 amide bonds. The van der Waals surface area contributed by atoms with Crippen molar-refractivity contribution < 1.29 is 9.53 Å². The fourth-order valence-corrected chi connectivity index (χ4v) is 3.41. The molecule has 1 atom stereocenters. The molecule has 0 aliphatic carbocycles. The Kier molecular flexibility index (Phi) is 6.62. The number of amides is 1. The Labute approximate surface area is 142 Å². The van der Waals surface area contributed by atoms with Gasteiger partial charge in [-0.05, 0) is 47.6 Å². The molecular weight excluding hydrogens is 308 g/mol. The summed E-state index contributed by atoms with van der Waals surface area (Å²) in [5.41, 5.74) is 1.82. The van der Waals surface area contributed by atoms with Gasteiger partial charge in [0.25, 0.3) is 5.91 Å². The number of rotatable bonds is 8. The minimum atomic E-state index is -0.102. The van der Waals surface area contributed by atoms with Gasteiger partial charge in [-0.2, -0.15) is 11.3 Å². The van der Waals surface area contributed by atoms with E-state index in [0.717, 1.165) is 13.1 Å². The molecule has 0 bridgehead atoms. The van der Waals surface area contributed by atoms with Crippen LogP contribution >= 0.6 is 11.3 Å². The third kappa shape index (κ3) is 4.33. The largest absolute Gasteiger partial charge is 0.496 e. The zero-order chi connectivity index (χ0) is 16.7. The van der Waals surface area contributed by atoms with Gasteiger partial charge in [0.2, 0.25) is 0 Å². The first-order chi connectivity index (χ1) is 11.2. The number of hydrogen-bond donors (Lipinski definition) is 1. The van der Waals surface area contributed by atoms with E-state index in [1.165, 1.54) is 5.56 Å². The molecule has 1 N–H and O–H groups in total. The molecule has 0 aliphatic heterocycles. The maximum Gasteiger partial charge on any atom is 0.255 e. The topological polar surface area (TPSA) is 41.6 Å². The lowest BCUT2D eigenvalue weighted by Gasteiger charge is -2.29. The van der Waals surface area contributed by atoms with E-state index < -0.39 is 0 Å². The lowest BCUT2D eigenvalue weighted by molar-refractivity contribution is 0.0932. The predicted octanol–water partition coefficient (Wildman–Crippen LogP) is 3.57. The van der Waals surface area contributed by atoms with Gasteiger partial charge in [-0.25, -0.2) is 0 Å². The van der Waals surface area contributed by atoms with Gasteiger partial charge in [0.15, 0.2) is 0 Å². The summed E-state index contributed by atoms with van der Waals surface area (Å²) in [4.78, 5) is 14.8. The van der Waals surface area contributed by atoms with Crippen LogP contribution in [0.3, 0.4) is 0 Å². The Morgan fingerprint density at radius 2 is 2.00 bits per heavy atom. The Bertz CT molecular complexity index is 609. The molecular formula is C18H24N2O2S. The van der Waals surface area contributed by atoms with Crippen LogP contribution < -0.4 is 10.1 Å². The molecule has 1 aromatic carbocycles. The van der Waals surface area contributed by atoms with Gasteiger partial charge in [-0.1, -0.05) is 26.0 Å². The third-order valence-corrected chi connectivity index (χ3v) is 4.69. The molecule has 0 saturated heterocycles. The molecule has 2 rings (SSSR count). The molecule has 0 spiro atoms. The van der Waals surface area contributed by atoms with Gasteiger partial charge in [-0.3, -0.25) is 9.69 Å². The number of nitrogens with zero attached hydrogens (tertiary/aromatic N) is 1. The first kappa shape index (κ1) is 17.5. The number of nitrogens with one attached hydrogen (secondary N) is 1. The summed E-state index contributed by atoms with van der Waals surface area (Å²) in [7, 11) is 1.58. The van der Waals surface area contributed by atoms with Crippen molar-refractivity contribution in [2.75, 3.05) is 26.7 Å². The normalized spacial score (nSPS) is 12.2. The number of hydrogen-bond acceptors (Lipinski definition) is 4. The fourth-order valence-electron chi connectivity index (χ4n) is 2.70. The lowest BCUT2D eigenvalue weighted by Crippen LogP contribution is -2.38. The number of carbonyl (C=O) groups is 1. The van der Waals surface area contributed by atoms with Gasteiger partial charge in [0.05, 0.1) is 18.7 Å². The molecule has 2 aromatic rings. The van der Waals surface area contributed by atoms with E-state index in [9.17, 15) is 4.79 Å². The maximum absolute atomic E-state index is 12.5. The zero-order valence-corrected chi connectivity index (χ0v) is 14.7. The molecule has 124 valence electrons. The van der Waals surface area contributed by atoms with Crippen molar-refractivity contribution in [1.29, 1.82) is 0 Å². The minimum absolute atomic E-state index is 0.102. The summed E-state index contributed by atoms with van der Waals surface area (Å²) in [6, 6.07) is 9.61. The van der Waals surface area contributed by atoms with Crippen LogP contribution in [0.15, 0.2) is 41.1 Å². The number of ether oxygens (including phenoxy) is 1. The smallest absolute Gasteiger partial charge is 0.255 e. The molecule has 0 unspecified atom stereocenters. The third-order valence-electron chi connectivity index (χ3n) is 3.99. The number of benzene rings is 1. The van der Waals surface area contributed by atoms with Gasteiger partial charge >= 0.3 is 0 Å². The first-order valence-electron chi connectivity index (χ1n) is 7.88. The summed E-state index contributed by atoms with van der Waals surface area (Å²) in [5, 5.41) is 7.28. The SMILES string of the molecule is CCN(CC)[C@H](CNC(=O)c1ccccc1OC)c1ccsc1. The second kappa shape index (κ2) is 8.70. The highest BCUT2D eigenvalue weighted by molar-refractivity contribution is 7.07. The Morgan fingerprint density at radius 3 is 2.61 bits per heavy atom. The van der Waals surface area contributed by atoms with Crippen LogP contribution in [0.5, 0.6) is 5.75 Å². The van der Waals surface area contributed by atoms with Crippen LogP contribution in [0.4, 0.5) is 0 Å². The van der Waals surface area contributed by atoms with Crippen molar-refractivity contribution in [2.45, 2.75) is 19.9 Å². The summed E-state index contributed by atoms with van der Waals surface area (Å²) in [6.45, 7) is 6.76. The molecule has 23 heavy (non-hydrogen) atoms. The van der Waals surface area contributed by atoms with E-state index in [2.05, 4.69) is 40.9 Å². The number of thiophene rings is 1. The highest BCUT2D eigenvalue weighted by Gasteiger charge is 2.20. The van der Waals surface area contributed by atoms with Crippen LogP contribution in [-0.4, -0.2) is 37.6 Å². The lowest BCUT2D eigenvalue weighted by atomic mass is 10.1. The Balaban J connectivity index is 2.10. The van der Waals surface area contributed by atoms with Crippen LogP contribution in [-0.2, 0) is 0 Å². The van der Waals surface area contributed by atoms with E-state index in [0.29, 0.717) is 17.9 Å². The number of carbonyl (C=O) groups excluding carboxylic acids is 1. The van der Waals surface area contributed by atoms with Gasteiger partial charge in [-0.15, -0.1) is 0 Å². The summed E-state index contributed by atoms with van der Waals surface area (Å²) < 4.78 is 5.27. The molecule has 1 aromatic heterocycles. The van der Waals surface area contributed by atoms with Crippen LogP contribution in [0.2, 0.25) is 0 Å². The van der Waals surface area contributed by atoms with Crippen molar-refractivity contribution in [1.82, 2.24) is 10.2 Å². The van der Waals surface area contributed by atoms with E-state index >= 15 is 0 Å². The molecule has 0 aliphatic rings. The number of para-hydroxylation sites is 1. The van der Waals surface area contributed by atoms with E-state index in [1.807, 2.05) is 12.1 Å². The Morgan fingerprint density at radius 1 is 1.26 bits per heavy atom. The van der Waals surface area contributed by atoms with E-state index in [1.54, 1.807) is 30.6 Å². The van der Waals surface area contributed by atoms with Crippen molar-refractivity contribution >= 4 is 17.2 Å². The first-order valence-corrected chi connectivity index (χ1v) is 8.82. The van der Waals surface area contributed by atoms with Gasteiger partial charge in [0, 0.05) is 6.54 Å². The molecule has 4 nitrogen and oxygen atoms in total. The molecule has 0 saturated carbocycles. The highest BCUT2D eigenvalue weighted by Crippen LogP contribution is 2.23. The molecule has 0 radical (unpaired) electrons. The summed E-state index contributed by atoms with van der Waals surface area (Å²) in [6.07, 6.45) is 0. The number of likely N-dealkylation sites (N-methyl/N-ethyl adjacent to an activating group) is 1. The summed E-state index contributed by atoms with van der Waals surface area (Å²) in [5.74, 6) is 0.495. The molecule has 1 heterocycles. The number of methoxy groups -OCH3 is 1. The van der Waals surface area contributed by atoms with E-state index in [-0.39, 0.29) is 11.9 Å². The van der Waals surface area contributed by atoms with Crippen molar-refractivity contribution in [3.05, 3.63) is 52.2 Å². The molecule has 5 heteroatoms. The monoisotopic (exact) mass is 332 g/mol. The van der Waals surface area contributed by atoms with Crippen LogP contribution in [0, 0.1) is 0 Å². The highest BCUT2D eigenvalue weighted by atomic mass is 32.1. The van der Waals surface area contributed by atoms with Crippen LogP contribution in [0.1, 0.15) is 35.8 Å². The van der Waals surface area contributed by atoms with Crippen molar-refractivity contribution in [3.8, 4) is 5.75 Å². The average Bonchev–Trinajstić information content (AvgIpc) is 3.12. The standard InChI is InChI=1S/C18H24N2O2S/c1-4-20(5-2)16(14-10-11-23-13-14)12-19-18(21)15-8-6-7-9-17(15)22-3/h6-11,13,16H,4-5,12H2,1-3H3,(H,19,21)/t16-/m1/s1. The second-order valence-electron chi connectivity index (χ2n) is 5.20. The van der Waals surface area contributed by atoms with Crippen LogP contribution in [0.25, 0.3) is 0 Å². The Hall–Kier alpha value is -1.85. The zero-order valence-electron chi connectivity index (χ0n) is 13.9. The van der Waals surface area contributed by atoms with Gasteiger partial charge in [0.1, 0.15) is 5.75 Å². The van der Waals surface area contributed by atoms with Crippen molar-refractivity contribution in [3.63, 3.8) is 0 Å². The minimum Gasteiger partial charge on any atom is -0.496 e. The maximum atomic E-state index is 12.5.